The largest absolute Gasteiger partial charge is 0.480 e. The van der Waals surface area contributed by atoms with Gasteiger partial charge in [-0.1, -0.05) is 12.1 Å². The Hall–Kier alpha value is -2.64. The molecule has 0 unspecified atom stereocenters. The molecule has 0 aliphatic heterocycles. The molecule has 1 rings (SSSR count). The van der Waals surface area contributed by atoms with Gasteiger partial charge in [-0.25, -0.2) is 9.18 Å². The minimum atomic E-state index is -1.32. The first-order valence-electron chi connectivity index (χ1n) is 5.97. The zero-order chi connectivity index (χ0) is 16.0. The summed E-state index contributed by atoms with van der Waals surface area (Å²) >= 11 is 0. The second kappa shape index (κ2) is 7.22. The molecule has 0 saturated carbocycles. The highest BCUT2D eigenvalue weighted by molar-refractivity contribution is 5.84. The molecule has 2 amide bonds. The van der Waals surface area contributed by atoms with Gasteiger partial charge in [0.15, 0.2) is 0 Å². The van der Waals surface area contributed by atoms with Crippen LogP contribution in [0, 0.1) is 5.82 Å². The van der Waals surface area contributed by atoms with Crippen LogP contribution in [0.2, 0.25) is 0 Å². The van der Waals surface area contributed by atoms with E-state index in [0.717, 1.165) is 4.90 Å². The Morgan fingerprint density at radius 1 is 1.14 bits per heavy atom. The highest BCUT2D eigenvalue weighted by Crippen LogP contribution is 2.08. The summed E-state index contributed by atoms with van der Waals surface area (Å²) in [6, 6.07) is 4.82. The van der Waals surface area contributed by atoms with E-state index < -0.39 is 36.9 Å². The van der Waals surface area contributed by atoms with Crippen molar-refractivity contribution in [3.8, 4) is 0 Å². The van der Waals surface area contributed by atoms with Crippen LogP contribution in [0.4, 0.5) is 9.18 Å². The smallest absolute Gasteiger partial charge is 0.323 e. The summed E-state index contributed by atoms with van der Waals surface area (Å²) in [6.45, 7) is -1.41. The highest BCUT2D eigenvalue weighted by atomic mass is 19.1. The number of amides is 2. The number of aliphatic carboxylic acids is 2. The summed E-state index contributed by atoms with van der Waals surface area (Å²) in [5.74, 6) is -3.09. The summed E-state index contributed by atoms with van der Waals surface area (Å²) in [5.41, 5.74) is 0.511. The van der Waals surface area contributed by atoms with E-state index in [2.05, 4.69) is 0 Å². The third-order valence-electron chi connectivity index (χ3n) is 2.56. The van der Waals surface area contributed by atoms with Crippen molar-refractivity contribution in [1.82, 2.24) is 9.80 Å². The Morgan fingerprint density at radius 3 is 2.19 bits per heavy atom. The molecular formula is C13H15FN2O5. The molecular weight excluding hydrogens is 283 g/mol. The molecule has 0 radical (unpaired) electrons. The predicted molar refractivity (Wildman–Crippen MR) is 70.1 cm³/mol. The fourth-order valence-corrected chi connectivity index (χ4v) is 1.74. The van der Waals surface area contributed by atoms with Gasteiger partial charge in [-0.2, -0.15) is 0 Å². The molecule has 0 atom stereocenters. The van der Waals surface area contributed by atoms with E-state index in [1.807, 2.05) is 0 Å². The van der Waals surface area contributed by atoms with Crippen molar-refractivity contribution >= 4 is 18.0 Å². The van der Waals surface area contributed by atoms with Crippen molar-refractivity contribution in [3.05, 3.63) is 35.6 Å². The Labute approximate surface area is 120 Å². The lowest BCUT2D eigenvalue weighted by Crippen LogP contribution is -2.45. The summed E-state index contributed by atoms with van der Waals surface area (Å²) in [6.07, 6.45) is 0. The molecule has 7 nitrogen and oxygen atoms in total. The monoisotopic (exact) mass is 298 g/mol. The maximum atomic E-state index is 13.1. The van der Waals surface area contributed by atoms with E-state index in [1.54, 1.807) is 6.07 Å². The molecule has 0 fully saturated rings. The van der Waals surface area contributed by atoms with Crippen LogP contribution < -0.4 is 0 Å². The van der Waals surface area contributed by atoms with Gasteiger partial charge in [0.2, 0.25) is 0 Å². The van der Waals surface area contributed by atoms with E-state index in [0.29, 0.717) is 10.5 Å². The fourth-order valence-electron chi connectivity index (χ4n) is 1.74. The third kappa shape index (κ3) is 5.47. The number of nitrogens with zero attached hydrogens (tertiary/aromatic N) is 2. The first-order valence-corrected chi connectivity index (χ1v) is 5.97. The summed E-state index contributed by atoms with van der Waals surface area (Å²) < 4.78 is 13.1. The number of carbonyl (C=O) groups is 3. The molecule has 0 saturated heterocycles. The SMILES string of the molecule is CN(Cc1cccc(F)c1)C(=O)N(CC(=O)O)CC(=O)O. The topological polar surface area (TPSA) is 98.2 Å². The molecule has 0 heterocycles. The minimum absolute atomic E-state index is 0.0341. The summed E-state index contributed by atoms with van der Waals surface area (Å²) in [5, 5.41) is 17.4. The van der Waals surface area contributed by atoms with Crippen LogP contribution >= 0.6 is 0 Å². The zero-order valence-corrected chi connectivity index (χ0v) is 11.3. The van der Waals surface area contributed by atoms with E-state index in [4.69, 9.17) is 10.2 Å². The molecule has 0 bridgehead atoms. The molecule has 0 aliphatic carbocycles. The number of carboxylic acid groups (broad SMARTS) is 2. The molecule has 8 heteroatoms. The normalized spacial score (nSPS) is 10.0. The van der Waals surface area contributed by atoms with Gasteiger partial charge in [-0.3, -0.25) is 9.59 Å². The van der Waals surface area contributed by atoms with Crippen molar-refractivity contribution in [2.24, 2.45) is 0 Å². The van der Waals surface area contributed by atoms with Crippen LogP contribution in [0.5, 0.6) is 0 Å². The van der Waals surface area contributed by atoms with Gasteiger partial charge in [-0.15, -0.1) is 0 Å². The van der Waals surface area contributed by atoms with Gasteiger partial charge in [0.1, 0.15) is 18.9 Å². The number of halogens is 1. The second-order valence-corrected chi connectivity index (χ2v) is 4.41. The first-order chi connectivity index (χ1) is 9.79. The highest BCUT2D eigenvalue weighted by Gasteiger charge is 2.22. The Balaban J connectivity index is 2.77. The molecule has 1 aromatic carbocycles. The zero-order valence-electron chi connectivity index (χ0n) is 11.3. The Kier molecular flexibility index (Phi) is 5.65. The number of urea groups is 1. The van der Waals surface area contributed by atoms with E-state index in [1.165, 1.54) is 25.2 Å². The van der Waals surface area contributed by atoms with Crippen molar-refractivity contribution in [2.75, 3.05) is 20.1 Å². The lowest BCUT2D eigenvalue weighted by atomic mass is 10.2. The standard InChI is InChI=1S/C13H15FN2O5/c1-15(6-9-3-2-4-10(14)5-9)13(21)16(7-11(17)18)8-12(19)20/h2-5H,6-8H2,1H3,(H,17,18)(H,19,20). The summed E-state index contributed by atoms with van der Waals surface area (Å²) in [4.78, 5) is 35.2. The number of hydrogen-bond acceptors (Lipinski definition) is 3. The maximum absolute atomic E-state index is 13.1. The molecule has 0 aliphatic rings. The van der Waals surface area contributed by atoms with Crippen molar-refractivity contribution in [2.45, 2.75) is 6.54 Å². The maximum Gasteiger partial charge on any atom is 0.323 e. The number of carbonyl (C=O) groups excluding carboxylic acids is 1. The van der Waals surface area contributed by atoms with Gasteiger partial charge in [0.25, 0.3) is 0 Å². The predicted octanol–water partition coefficient (Wildman–Crippen LogP) is 0.849. The summed E-state index contributed by atoms with van der Waals surface area (Å²) in [7, 11) is 1.38. The average Bonchev–Trinajstić information content (AvgIpc) is 2.35. The molecule has 1 aromatic rings. The minimum Gasteiger partial charge on any atom is -0.480 e. The number of benzene rings is 1. The Morgan fingerprint density at radius 2 is 1.71 bits per heavy atom. The van der Waals surface area contributed by atoms with Gasteiger partial charge < -0.3 is 20.0 Å². The van der Waals surface area contributed by atoms with Crippen molar-refractivity contribution in [1.29, 1.82) is 0 Å². The Bertz CT molecular complexity index is 533. The van der Waals surface area contributed by atoms with Crippen LogP contribution in [-0.2, 0) is 16.1 Å². The van der Waals surface area contributed by atoms with Crippen LogP contribution in [-0.4, -0.2) is 58.1 Å². The molecule has 21 heavy (non-hydrogen) atoms. The average molecular weight is 298 g/mol. The number of hydrogen-bond donors (Lipinski definition) is 2. The fraction of sp³-hybridized carbons (Fsp3) is 0.308. The van der Waals surface area contributed by atoms with Crippen LogP contribution in [0.3, 0.4) is 0 Å². The third-order valence-corrected chi connectivity index (χ3v) is 2.56. The van der Waals surface area contributed by atoms with Crippen LogP contribution in [0.25, 0.3) is 0 Å². The molecule has 2 N–H and O–H groups in total. The van der Waals surface area contributed by atoms with Crippen molar-refractivity contribution < 1.29 is 29.0 Å². The van der Waals surface area contributed by atoms with E-state index >= 15 is 0 Å². The molecule has 114 valence electrons. The number of carboxylic acids is 2. The second-order valence-electron chi connectivity index (χ2n) is 4.41. The van der Waals surface area contributed by atoms with Gasteiger partial charge in [0.05, 0.1) is 0 Å². The molecule has 0 aromatic heterocycles. The van der Waals surface area contributed by atoms with Gasteiger partial charge in [0, 0.05) is 13.6 Å². The first kappa shape index (κ1) is 16.4. The van der Waals surface area contributed by atoms with E-state index in [9.17, 15) is 18.8 Å². The quantitative estimate of drug-likeness (QED) is 0.811. The lowest BCUT2D eigenvalue weighted by molar-refractivity contribution is -0.140. The van der Waals surface area contributed by atoms with Gasteiger partial charge >= 0.3 is 18.0 Å². The van der Waals surface area contributed by atoms with Gasteiger partial charge in [-0.05, 0) is 17.7 Å². The number of rotatable bonds is 6. The lowest BCUT2D eigenvalue weighted by Gasteiger charge is -2.25. The van der Waals surface area contributed by atoms with Crippen molar-refractivity contribution in [3.63, 3.8) is 0 Å². The van der Waals surface area contributed by atoms with Crippen LogP contribution in [0.1, 0.15) is 5.56 Å². The van der Waals surface area contributed by atoms with Crippen LogP contribution in [0.15, 0.2) is 24.3 Å². The van der Waals surface area contributed by atoms with E-state index in [-0.39, 0.29) is 6.54 Å². The molecule has 0 spiro atoms.